The van der Waals surface area contributed by atoms with E-state index < -0.39 is 5.97 Å². The maximum atomic E-state index is 10.5. The van der Waals surface area contributed by atoms with E-state index in [1.54, 1.807) is 0 Å². The van der Waals surface area contributed by atoms with E-state index in [1.165, 1.54) is 25.7 Å². The molecule has 0 amide bonds. The predicted octanol–water partition coefficient (Wildman–Crippen LogP) is 2.91. The van der Waals surface area contributed by atoms with Gasteiger partial charge in [-0.2, -0.15) is 0 Å². The van der Waals surface area contributed by atoms with Crippen molar-refractivity contribution in [2.75, 3.05) is 19.7 Å². The molecule has 0 bridgehead atoms. The lowest BCUT2D eigenvalue weighted by Gasteiger charge is -2.44. The molecule has 1 atom stereocenters. The van der Waals surface area contributed by atoms with E-state index >= 15 is 0 Å². The van der Waals surface area contributed by atoms with Crippen molar-refractivity contribution in [2.45, 2.75) is 70.9 Å². The summed E-state index contributed by atoms with van der Waals surface area (Å²) in [6.07, 6.45) is 7.86. The van der Waals surface area contributed by atoms with Gasteiger partial charge in [0, 0.05) is 19.1 Å². The van der Waals surface area contributed by atoms with Gasteiger partial charge >= 0.3 is 5.97 Å². The maximum absolute atomic E-state index is 10.5. The number of nitrogens with zero attached hydrogens (tertiary/aromatic N) is 1. The van der Waals surface area contributed by atoms with Crippen LogP contribution >= 0.6 is 0 Å². The van der Waals surface area contributed by atoms with Gasteiger partial charge < -0.3 is 14.7 Å². The van der Waals surface area contributed by atoms with E-state index in [-0.39, 0.29) is 12.5 Å². The summed E-state index contributed by atoms with van der Waals surface area (Å²) in [5.74, 6) is -0.771. The standard InChI is InChI=1S/C16H29NO3/c1-16(2)8-3-4-13(12-16)17-9-5-14(6-10-17)20-11-7-15(18)19/h13-14H,3-12H2,1-2H3,(H,18,19). The third-order valence-corrected chi connectivity index (χ3v) is 4.84. The highest BCUT2D eigenvalue weighted by Crippen LogP contribution is 2.38. The van der Waals surface area contributed by atoms with Crippen LogP contribution < -0.4 is 0 Å². The molecule has 4 heteroatoms. The van der Waals surface area contributed by atoms with Gasteiger partial charge in [0.05, 0.1) is 19.1 Å². The molecule has 1 heterocycles. The topological polar surface area (TPSA) is 49.8 Å². The van der Waals surface area contributed by atoms with Crippen molar-refractivity contribution < 1.29 is 14.6 Å². The lowest BCUT2D eigenvalue weighted by atomic mass is 9.74. The number of piperidine rings is 1. The van der Waals surface area contributed by atoms with Crippen molar-refractivity contribution in [1.82, 2.24) is 4.90 Å². The van der Waals surface area contributed by atoms with Gasteiger partial charge in [-0.05, 0) is 37.5 Å². The van der Waals surface area contributed by atoms with Gasteiger partial charge in [-0.1, -0.05) is 20.3 Å². The number of hydrogen-bond acceptors (Lipinski definition) is 3. The monoisotopic (exact) mass is 283 g/mol. The van der Waals surface area contributed by atoms with Crippen LogP contribution in [0.4, 0.5) is 0 Å². The fourth-order valence-electron chi connectivity index (χ4n) is 3.69. The number of rotatable bonds is 5. The Morgan fingerprint density at radius 1 is 1.30 bits per heavy atom. The summed E-state index contributed by atoms with van der Waals surface area (Å²) >= 11 is 0. The molecule has 20 heavy (non-hydrogen) atoms. The second kappa shape index (κ2) is 6.90. The molecule has 1 N–H and O–H groups in total. The maximum Gasteiger partial charge on any atom is 0.305 e. The van der Waals surface area contributed by atoms with Crippen molar-refractivity contribution >= 4 is 5.97 Å². The number of carbonyl (C=O) groups is 1. The first kappa shape index (κ1) is 15.8. The van der Waals surface area contributed by atoms with Crippen LogP contribution in [0.25, 0.3) is 0 Å². The van der Waals surface area contributed by atoms with Crippen molar-refractivity contribution in [3.05, 3.63) is 0 Å². The Balaban J connectivity index is 1.70. The highest BCUT2D eigenvalue weighted by atomic mass is 16.5. The Labute approximate surface area is 122 Å². The molecule has 2 rings (SSSR count). The van der Waals surface area contributed by atoms with Crippen LogP contribution in [0.3, 0.4) is 0 Å². The molecule has 1 saturated carbocycles. The van der Waals surface area contributed by atoms with Crippen LogP contribution in [0.2, 0.25) is 0 Å². The zero-order valence-corrected chi connectivity index (χ0v) is 12.9. The molecule has 2 fully saturated rings. The highest BCUT2D eigenvalue weighted by Gasteiger charge is 2.33. The minimum absolute atomic E-state index is 0.122. The summed E-state index contributed by atoms with van der Waals surface area (Å²) in [6, 6.07) is 0.749. The van der Waals surface area contributed by atoms with Crippen molar-refractivity contribution in [3.8, 4) is 0 Å². The third kappa shape index (κ3) is 4.74. The van der Waals surface area contributed by atoms with Crippen molar-refractivity contribution in [1.29, 1.82) is 0 Å². The highest BCUT2D eigenvalue weighted by molar-refractivity contribution is 5.66. The molecule has 0 aromatic carbocycles. The van der Waals surface area contributed by atoms with E-state index in [0.29, 0.717) is 12.0 Å². The van der Waals surface area contributed by atoms with E-state index in [1.807, 2.05) is 0 Å². The first-order chi connectivity index (χ1) is 9.46. The second-order valence-electron chi connectivity index (χ2n) is 7.16. The summed E-state index contributed by atoms with van der Waals surface area (Å²) in [7, 11) is 0. The summed E-state index contributed by atoms with van der Waals surface area (Å²) in [6.45, 7) is 7.36. The number of carboxylic acids is 1. The molecule has 1 aliphatic heterocycles. The molecule has 0 spiro atoms. The first-order valence-corrected chi connectivity index (χ1v) is 8.04. The number of hydrogen-bond donors (Lipinski definition) is 1. The minimum Gasteiger partial charge on any atom is -0.481 e. The Kier molecular flexibility index (Phi) is 5.44. The largest absolute Gasteiger partial charge is 0.481 e. The first-order valence-electron chi connectivity index (χ1n) is 8.04. The summed E-state index contributed by atoms with van der Waals surface area (Å²) in [5, 5.41) is 8.62. The number of carboxylic acid groups (broad SMARTS) is 1. The van der Waals surface area contributed by atoms with Gasteiger partial charge in [-0.3, -0.25) is 4.79 Å². The molecule has 0 radical (unpaired) electrons. The Morgan fingerprint density at radius 2 is 2.00 bits per heavy atom. The summed E-state index contributed by atoms with van der Waals surface area (Å²) < 4.78 is 5.66. The molecule has 0 aromatic rings. The van der Waals surface area contributed by atoms with Gasteiger partial charge in [0.25, 0.3) is 0 Å². The fourth-order valence-corrected chi connectivity index (χ4v) is 3.69. The van der Waals surface area contributed by atoms with Crippen LogP contribution in [0, 0.1) is 5.41 Å². The molecular formula is C16H29NO3. The Hall–Kier alpha value is -0.610. The number of ether oxygens (including phenoxy) is 1. The molecule has 2 aliphatic rings. The van der Waals surface area contributed by atoms with E-state index in [9.17, 15) is 4.79 Å². The fraction of sp³-hybridized carbons (Fsp3) is 0.938. The molecule has 0 aromatic heterocycles. The Bertz CT molecular complexity index is 322. The van der Waals surface area contributed by atoms with Gasteiger partial charge in [0.2, 0.25) is 0 Å². The van der Waals surface area contributed by atoms with Gasteiger partial charge in [-0.25, -0.2) is 0 Å². The van der Waals surface area contributed by atoms with E-state index in [0.717, 1.165) is 32.0 Å². The minimum atomic E-state index is -0.771. The van der Waals surface area contributed by atoms with Crippen molar-refractivity contribution in [3.63, 3.8) is 0 Å². The van der Waals surface area contributed by atoms with Crippen LogP contribution in [0.15, 0.2) is 0 Å². The second-order valence-corrected chi connectivity index (χ2v) is 7.16. The van der Waals surface area contributed by atoms with Gasteiger partial charge in [-0.15, -0.1) is 0 Å². The number of likely N-dealkylation sites (tertiary alicyclic amines) is 1. The quantitative estimate of drug-likeness (QED) is 0.843. The predicted molar refractivity (Wildman–Crippen MR) is 78.8 cm³/mol. The van der Waals surface area contributed by atoms with Gasteiger partial charge in [0.1, 0.15) is 0 Å². The van der Waals surface area contributed by atoms with Crippen LogP contribution in [0.1, 0.15) is 58.8 Å². The van der Waals surface area contributed by atoms with Crippen LogP contribution in [0.5, 0.6) is 0 Å². The zero-order valence-electron chi connectivity index (χ0n) is 12.9. The summed E-state index contributed by atoms with van der Waals surface area (Å²) in [4.78, 5) is 13.1. The van der Waals surface area contributed by atoms with E-state index in [4.69, 9.17) is 9.84 Å². The number of aliphatic carboxylic acids is 1. The molecule has 1 aliphatic carbocycles. The molecule has 1 saturated heterocycles. The smallest absolute Gasteiger partial charge is 0.305 e. The van der Waals surface area contributed by atoms with Crippen molar-refractivity contribution in [2.24, 2.45) is 5.41 Å². The third-order valence-electron chi connectivity index (χ3n) is 4.84. The SMILES string of the molecule is CC1(C)CCCC(N2CCC(OCCC(=O)O)CC2)C1. The van der Waals surface area contributed by atoms with Gasteiger partial charge in [0.15, 0.2) is 0 Å². The van der Waals surface area contributed by atoms with Crippen LogP contribution in [-0.2, 0) is 9.53 Å². The molecule has 1 unspecified atom stereocenters. The summed E-state index contributed by atoms with van der Waals surface area (Å²) in [5.41, 5.74) is 0.498. The molecule has 116 valence electrons. The molecule has 4 nitrogen and oxygen atoms in total. The average Bonchev–Trinajstić information content (AvgIpc) is 2.38. The van der Waals surface area contributed by atoms with E-state index in [2.05, 4.69) is 18.7 Å². The average molecular weight is 283 g/mol. The zero-order chi connectivity index (χ0) is 14.6. The molecular weight excluding hydrogens is 254 g/mol. The normalized spacial score (nSPS) is 28.4. The lowest BCUT2D eigenvalue weighted by molar-refractivity contribution is -0.138. The van der Waals surface area contributed by atoms with Crippen LogP contribution in [-0.4, -0.2) is 47.8 Å². The lowest BCUT2D eigenvalue weighted by Crippen LogP contribution is -2.46. The Morgan fingerprint density at radius 3 is 2.60 bits per heavy atom.